The van der Waals surface area contributed by atoms with Gasteiger partial charge < -0.3 is 29.0 Å². The van der Waals surface area contributed by atoms with Crippen LogP contribution in [0, 0.1) is 12.7 Å². The fraction of sp³-hybridized carbons (Fsp3) is 0.541. The number of benzene rings is 1. The molecule has 1 unspecified atom stereocenters. The summed E-state index contributed by atoms with van der Waals surface area (Å²) < 4.78 is 78.3. The lowest BCUT2D eigenvalue weighted by Crippen LogP contribution is -2.45. The molecule has 282 valence electrons. The average molecular weight is 723 g/mol. The maximum absolute atomic E-state index is 14.0. The summed E-state index contributed by atoms with van der Waals surface area (Å²) in [7, 11) is 0. The van der Waals surface area contributed by atoms with Crippen molar-refractivity contribution in [2.45, 2.75) is 104 Å². The maximum Gasteiger partial charge on any atom is 0.425 e. The number of rotatable bonds is 15. The van der Waals surface area contributed by atoms with Gasteiger partial charge in [0.15, 0.2) is 11.8 Å². The van der Waals surface area contributed by atoms with E-state index >= 15 is 0 Å². The van der Waals surface area contributed by atoms with Gasteiger partial charge in [0.25, 0.3) is 0 Å². The van der Waals surface area contributed by atoms with Gasteiger partial charge in [-0.2, -0.15) is 22.8 Å². The molecule has 0 bridgehead atoms. The van der Waals surface area contributed by atoms with E-state index in [1.54, 1.807) is 44.4 Å². The number of ether oxygens (including phenoxy) is 4. The molecule has 4 rings (SSSR count). The second kappa shape index (κ2) is 18.0. The Morgan fingerprint density at radius 3 is 2.37 bits per heavy atom. The fourth-order valence-electron chi connectivity index (χ4n) is 5.31. The zero-order valence-corrected chi connectivity index (χ0v) is 30.3. The summed E-state index contributed by atoms with van der Waals surface area (Å²) in [6, 6.07) is 5.10. The van der Waals surface area contributed by atoms with Crippen molar-refractivity contribution in [1.29, 1.82) is 0 Å². The zero-order valence-electron chi connectivity index (χ0n) is 30.3. The van der Waals surface area contributed by atoms with Crippen LogP contribution in [0.15, 0.2) is 49.6 Å². The first-order valence-electron chi connectivity index (χ1n) is 16.8. The lowest BCUT2D eigenvalue weighted by atomic mass is 9.93. The second-order valence-electron chi connectivity index (χ2n) is 13.5. The summed E-state index contributed by atoms with van der Waals surface area (Å²) in [6.45, 7) is 19.8. The third kappa shape index (κ3) is 12.6. The van der Waals surface area contributed by atoms with E-state index in [0.29, 0.717) is 42.3 Å². The number of nitrogens with zero attached hydrogens (tertiary/aromatic N) is 4. The Balaban J connectivity index is 0.00000131. The first kappa shape index (κ1) is 41.4. The van der Waals surface area contributed by atoms with Crippen LogP contribution in [0.25, 0.3) is 5.65 Å². The molecule has 0 aliphatic carbocycles. The fourth-order valence-corrected chi connectivity index (χ4v) is 5.31. The van der Waals surface area contributed by atoms with Crippen molar-refractivity contribution in [1.82, 2.24) is 14.6 Å². The molecule has 51 heavy (non-hydrogen) atoms. The first-order chi connectivity index (χ1) is 23.9. The molecule has 1 saturated heterocycles. The summed E-state index contributed by atoms with van der Waals surface area (Å²) >= 11 is 0. The van der Waals surface area contributed by atoms with Gasteiger partial charge in [0, 0.05) is 48.5 Å². The number of carbonyl (C=O) groups excluding carboxylic acids is 1. The molecule has 1 aromatic carbocycles. The van der Waals surface area contributed by atoms with Gasteiger partial charge in [-0.15, -0.1) is 13.2 Å². The van der Waals surface area contributed by atoms with Gasteiger partial charge in [-0.05, 0) is 60.5 Å². The number of carbonyl (C=O) groups is 1. The molecule has 1 aliphatic heterocycles. The number of anilines is 1. The molecule has 3 heterocycles. The van der Waals surface area contributed by atoms with Gasteiger partial charge >= 0.3 is 12.1 Å². The lowest BCUT2D eigenvalue weighted by molar-refractivity contribution is -0.194. The van der Waals surface area contributed by atoms with Gasteiger partial charge in [0.05, 0.1) is 49.7 Å². The number of esters is 1. The van der Waals surface area contributed by atoms with E-state index in [1.165, 1.54) is 6.07 Å². The van der Waals surface area contributed by atoms with Gasteiger partial charge in [0.2, 0.25) is 0 Å². The Labute approximate surface area is 297 Å². The van der Waals surface area contributed by atoms with Gasteiger partial charge in [-0.1, -0.05) is 18.2 Å². The van der Waals surface area contributed by atoms with E-state index in [4.69, 9.17) is 34.1 Å². The molecule has 1 aliphatic rings. The molecule has 14 heteroatoms. The van der Waals surface area contributed by atoms with Crippen LogP contribution in [-0.2, 0) is 38.6 Å². The molecular weight excluding hydrogens is 672 g/mol. The van der Waals surface area contributed by atoms with Crippen molar-refractivity contribution in [3.8, 4) is 5.75 Å². The Kier molecular flexibility index (Phi) is 14.6. The molecule has 1 fully saturated rings. The van der Waals surface area contributed by atoms with Crippen LogP contribution in [0.4, 0.5) is 23.4 Å². The third-order valence-corrected chi connectivity index (χ3v) is 7.78. The quantitative estimate of drug-likeness (QED) is 0.0989. The smallest absolute Gasteiger partial charge is 0.425 e. The first-order valence-corrected chi connectivity index (χ1v) is 16.8. The highest BCUT2D eigenvalue weighted by atomic mass is 19.4. The van der Waals surface area contributed by atoms with Crippen LogP contribution in [0.1, 0.15) is 76.4 Å². The summed E-state index contributed by atoms with van der Waals surface area (Å²) in [5, 5.41) is 13.3. The summed E-state index contributed by atoms with van der Waals surface area (Å²) in [5.41, 5.74) is 1.82. The van der Waals surface area contributed by atoms with E-state index in [0.717, 1.165) is 36.9 Å². The summed E-state index contributed by atoms with van der Waals surface area (Å²) in [6.07, 6.45) is -3.03. The topological polar surface area (TPSA) is 108 Å². The number of alkyl halides is 3. The molecular formula is C37H50F4N4O6. The molecule has 0 radical (unpaired) electrons. The molecule has 2 aromatic heterocycles. The number of piperidine rings is 1. The third-order valence-electron chi connectivity index (χ3n) is 7.78. The molecule has 0 spiro atoms. The Morgan fingerprint density at radius 2 is 1.78 bits per heavy atom. The van der Waals surface area contributed by atoms with Crippen LogP contribution in [0.2, 0.25) is 0 Å². The minimum atomic E-state index is -4.67. The van der Waals surface area contributed by atoms with Crippen molar-refractivity contribution in [2.24, 2.45) is 0 Å². The second-order valence-corrected chi connectivity index (χ2v) is 13.5. The standard InChI is InChI=1S/C33H40F4N4O5.C4H10O/c1-6-9-28(33(35,36)37)46-27-17-24(34)11-10-23(27)20-43-21-25-18-29-38-22(4)26(19-30(42)44-8-3)31(41(29)39-25)40-14-12-32(5,13-15-40)45-16-7-2;1-4(2,3)5/h6-7,10-11,17-18,28H,1-2,8-9,12-16,19-21H2,3-5H3;5H,1-3H3. The van der Waals surface area contributed by atoms with Crippen LogP contribution in [0.3, 0.4) is 0 Å². The number of fused-ring (bicyclic) bond motifs is 1. The lowest BCUT2D eigenvalue weighted by Gasteiger charge is -2.40. The summed E-state index contributed by atoms with van der Waals surface area (Å²) in [4.78, 5) is 19.5. The van der Waals surface area contributed by atoms with Crippen molar-refractivity contribution in [2.75, 3.05) is 31.2 Å². The van der Waals surface area contributed by atoms with E-state index in [-0.39, 0.29) is 49.1 Å². The van der Waals surface area contributed by atoms with Crippen LogP contribution in [-0.4, -0.2) is 75.5 Å². The van der Waals surface area contributed by atoms with E-state index in [9.17, 15) is 22.4 Å². The molecule has 1 N–H and O–H groups in total. The van der Waals surface area contributed by atoms with Crippen molar-refractivity contribution < 1.29 is 46.4 Å². The predicted octanol–water partition coefficient (Wildman–Crippen LogP) is 7.22. The number of hydrogen-bond donors (Lipinski definition) is 1. The van der Waals surface area contributed by atoms with Crippen molar-refractivity contribution in [3.63, 3.8) is 0 Å². The largest absolute Gasteiger partial charge is 0.480 e. The van der Waals surface area contributed by atoms with Crippen molar-refractivity contribution in [3.05, 3.63) is 77.9 Å². The normalized spacial score (nSPS) is 15.2. The molecule has 0 amide bonds. The zero-order chi connectivity index (χ0) is 38.0. The highest BCUT2D eigenvalue weighted by Crippen LogP contribution is 2.34. The number of aliphatic hydroxyl groups is 1. The summed E-state index contributed by atoms with van der Waals surface area (Å²) in [5.74, 6) is -0.659. The van der Waals surface area contributed by atoms with Crippen LogP contribution >= 0.6 is 0 Å². The Hall–Kier alpha value is -4.01. The minimum Gasteiger partial charge on any atom is -0.480 e. The average Bonchev–Trinajstić information content (AvgIpc) is 3.42. The number of aryl methyl sites for hydroxylation is 1. The molecule has 10 nitrogen and oxygen atoms in total. The van der Waals surface area contributed by atoms with E-state index in [2.05, 4.69) is 25.0 Å². The maximum atomic E-state index is 14.0. The monoisotopic (exact) mass is 722 g/mol. The molecule has 3 aromatic rings. The Bertz CT molecular complexity index is 1620. The molecule has 1 atom stereocenters. The predicted molar refractivity (Wildman–Crippen MR) is 186 cm³/mol. The Morgan fingerprint density at radius 1 is 1.12 bits per heavy atom. The number of aromatic nitrogens is 3. The van der Waals surface area contributed by atoms with Gasteiger partial charge in [0.1, 0.15) is 17.4 Å². The number of halogens is 4. The van der Waals surface area contributed by atoms with Crippen molar-refractivity contribution >= 4 is 17.4 Å². The minimum absolute atomic E-state index is 0.0164. The van der Waals surface area contributed by atoms with E-state index in [1.807, 2.05) is 6.92 Å². The van der Waals surface area contributed by atoms with Gasteiger partial charge in [-0.25, -0.2) is 9.37 Å². The molecule has 0 saturated carbocycles. The SMILES string of the molecule is C=CCOC1(C)CCN(c2c(CC(=O)OCC)c(C)nc3cc(COCc4ccc(F)cc4OC(CC=C)C(F)(F)F)nn23)CC1.CC(C)(C)O. The van der Waals surface area contributed by atoms with E-state index < -0.39 is 30.1 Å². The van der Waals surface area contributed by atoms with Crippen LogP contribution < -0.4 is 9.64 Å². The van der Waals surface area contributed by atoms with Gasteiger partial charge in [-0.3, -0.25) is 4.79 Å². The van der Waals surface area contributed by atoms with Crippen LogP contribution in [0.5, 0.6) is 5.75 Å². The number of hydrogen-bond acceptors (Lipinski definition) is 9. The highest BCUT2D eigenvalue weighted by molar-refractivity contribution is 5.76. The highest BCUT2D eigenvalue weighted by Gasteiger charge is 2.41.